The SMILES string of the molecule is O=C(NCCN1CCNCC1)NCC12CC3CC(CC(C3)C1)C2. The van der Waals surface area contributed by atoms with Crippen molar-refractivity contribution in [1.82, 2.24) is 20.9 Å². The summed E-state index contributed by atoms with van der Waals surface area (Å²) in [6, 6.07) is 0.0379. The van der Waals surface area contributed by atoms with Crippen molar-refractivity contribution in [2.75, 3.05) is 45.8 Å². The second-order valence-electron chi connectivity index (χ2n) is 8.62. The summed E-state index contributed by atoms with van der Waals surface area (Å²) in [5, 5.41) is 9.60. The van der Waals surface area contributed by atoms with Crippen molar-refractivity contribution in [2.24, 2.45) is 23.2 Å². The third kappa shape index (κ3) is 3.66. The van der Waals surface area contributed by atoms with E-state index in [2.05, 4.69) is 20.9 Å². The Balaban J connectivity index is 1.18. The number of hydrogen-bond acceptors (Lipinski definition) is 3. The van der Waals surface area contributed by atoms with Crippen LogP contribution in [0.1, 0.15) is 38.5 Å². The molecule has 2 amide bonds. The molecule has 1 saturated heterocycles. The Morgan fingerprint density at radius 2 is 1.61 bits per heavy atom. The maximum absolute atomic E-state index is 12.1. The van der Waals surface area contributed by atoms with Gasteiger partial charge in [-0.15, -0.1) is 0 Å². The Bertz CT molecular complexity index is 397. The molecule has 0 spiro atoms. The van der Waals surface area contributed by atoms with Gasteiger partial charge in [0.05, 0.1) is 0 Å². The quantitative estimate of drug-likeness (QED) is 0.718. The number of nitrogens with zero attached hydrogens (tertiary/aromatic N) is 1. The predicted octanol–water partition coefficient (Wildman–Crippen LogP) is 1.41. The van der Waals surface area contributed by atoms with Crippen molar-refractivity contribution in [1.29, 1.82) is 0 Å². The molecule has 1 aliphatic heterocycles. The second kappa shape index (κ2) is 6.60. The van der Waals surface area contributed by atoms with E-state index in [1.807, 2.05) is 0 Å². The normalized spacial score (nSPS) is 39.4. The number of carbonyl (C=O) groups is 1. The molecule has 5 nitrogen and oxygen atoms in total. The number of amides is 2. The van der Waals surface area contributed by atoms with Crippen LogP contribution < -0.4 is 16.0 Å². The van der Waals surface area contributed by atoms with Crippen LogP contribution in [-0.4, -0.2) is 56.7 Å². The molecule has 0 aromatic carbocycles. The van der Waals surface area contributed by atoms with E-state index in [0.717, 1.165) is 63.6 Å². The smallest absolute Gasteiger partial charge is 0.314 e. The fourth-order valence-corrected chi connectivity index (χ4v) is 6.10. The van der Waals surface area contributed by atoms with Crippen molar-refractivity contribution in [3.05, 3.63) is 0 Å². The lowest BCUT2D eigenvalue weighted by molar-refractivity contribution is -0.0498. The molecular formula is C18H32N4O. The summed E-state index contributed by atoms with van der Waals surface area (Å²) in [5.41, 5.74) is 0.435. The van der Waals surface area contributed by atoms with E-state index in [1.54, 1.807) is 0 Å². The van der Waals surface area contributed by atoms with Crippen molar-refractivity contribution in [3.8, 4) is 0 Å². The first-order chi connectivity index (χ1) is 11.2. The third-order valence-corrected chi connectivity index (χ3v) is 6.71. The van der Waals surface area contributed by atoms with Gasteiger partial charge in [-0.25, -0.2) is 4.79 Å². The monoisotopic (exact) mass is 320 g/mol. The Hall–Kier alpha value is -0.810. The first-order valence-electron chi connectivity index (χ1n) is 9.66. The number of urea groups is 1. The summed E-state index contributed by atoms with van der Waals surface area (Å²) in [4.78, 5) is 14.5. The molecule has 4 saturated carbocycles. The summed E-state index contributed by atoms with van der Waals surface area (Å²) >= 11 is 0. The van der Waals surface area contributed by atoms with Crippen molar-refractivity contribution in [3.63, 3.8) is 0 Å². The maximum Gasteiger partial charge on any atom is 0.314 e. The molecule has 5 aliphatic rings. The second-order valence-corrected chi connectivity index (χ2v) is 8.62. The van der Waals surface area contributed by atoms with E-state index in [-0.39, 0.29) is 6.03 Å². The van der Waals surface area contributed by atoms with Crippen molar-refractivity contribution < 1.29 is 4.79 Å². The minimum Gasteiger partial charge on any atom is -0.338 e. The van der Waals surface area contributed by atoms with E-state index in [1.165, 1.54) is 38.5 Å². The fraction of sp³-hybridized carbons (Fsp3) is 0.944. The molecule has 0 aromatic heterocycles. The number of hydrogen-bond donors (Lipinski definition) is 3. The lowest BCUT2D eigenvalue weighted by Gasteiger charge is -2.56. The Morgan fingerprint density at radius 1 is 1.00 bits per heavy atom. The molecule has 4 bridgehead atoms. The van der Waals surface area contributed by atoms with Crippen LogP contribution in [0.2, 0.25) is 0 Å². The fourth-order valence-electron chi connectivity index (χ4n) is 6.10. The molecule has 23 heavy (non-hydrogen) atoms. The molecule has 4 aliphatic carbocycles. The summed E-state index contributed by atoms with van der Waals surface area (Å²) in [6.07, 6.45) is 8.49. The molecule has 0 aromatic rings. The number of rotatable bonds is 5. The maximum atomic E-state index is 12.1. The van der Waals surface area contributed by atoms with E-state index >= 15 is 0 Å². The zero-order valence-electron chi connectivity index (χ0n) is 14.3. The van der Waals surface area contributed by atoms with Gasteiger partial charge < -0.3 is 16.0 Å². The van der Waals surface area contributed by atoms with Crippen LogP contribution >= 0.6 is 0 Å². The Labute approximate surface area is 139 Å². The highest BCUT2D eigenvalue weighted by Gasteiger charge is 2.50. The molecule has 0 radical (unpaired) electrons. The van der Waals surface area contributed by atoms with Gasteiger partial charge in [-0.2, -0.15) is 0 Å². The molecule has 130 valence electrons. The van der Waals surface area contributed by atoms with Crippen LogP contribution in [0, 0.1) is 23.2 Å². The van der Waals surface area contributed by atoms with Gasteiger partial charge in [-0.1, -0.05) is 0 Å². The van der Waals surface area contributed by atoms with Crippen LogP contribution in [0.5, 0.6) is 0 Å². The average molecular weight is 320 g/mol. The summed E-state index contributed by atoms with van der Waals surface area (Å²) in [6.45, 7) is 6.94. The molecule has 3 N–H and O–H groups in total. The Kier molecular flexibility index (Phi) is 4.50. The van der Waals surface area contributed by atoms with Crippen molar-refractivity contribution >= 4 is 6.03 Å². The highest BCUT2D eigenvalue weighted by atomic mass is 16.2. The third-order valence-electron chi connectivity index (χ3n) is 6.71. The van der Waals surface area contributed by atoms with Gasteiger partial charge in [-0.3, -0.25) is 4.90 Å². The van der Waals surface area contributed by atoms with Gasteiger partial charge in [0.1, 0.15) is 0 Å². The lowest BCUT2D eigenvalue weighted by Crippen LogP contribution is -2.53. The number of carbonyl (C=O) groups excluding carboxylic acids is 1. The number of nitrogens with one attached hydrogen (secondary N) is 3. The highest BCUT2D eigenvalue weighted by Crippen LogP contribution is 2.59. The first kappa shape index (κ1) is 15.7. The van der Waals surface area contributed by atoms with Gasteiger partial charge in [-0.05, 0) is 61.7 Å². The Morgan fingerprint density at radius 3 is 2.22 bits per heavy atom. The largest absolute Gasteiger partial charge is 0.338 e. The first-order valence-corrected chi connectivity index (χ1v) is 9.66. The van der Waals surface area contributed by atoms with Crippen LogP contribution in [0.3, 0.4) is 0 Å². The average Bonchev–Trinajstić information content (AvgIpc) is 2.53. The van der Waals surface area contributed by atoms with Gasteiger partial charge >= 0.3 is 6.03 Å². The molecule has 5 rings (SSSR count). The van der Waals surface area contributed by atoms with Gasteiger partial charge in [0.25, 0.3) is 0 Å². The molecule has 1 heterocycles. The zero-order chi connectivity index (χ0) is 15.7. The van der Waals surface area contributed by atoms with E-state index in [9.17, 15) is 4.79 Å². The summed E-state index contributed by atoms with van der Waals surface area (Å²) < 4.78 is 0. The standard InChI is InChI=1S/C18H32N4O/c23-17(20-3-6-22-4-1-19-2-5-22)21-13-18-10-14-7-15(11-18)9-16(8-14)12-18/h14-16,19H,1-13H2,(H2,20,21,23). The van der Waals surface area contributed by atoms with Gasteiger partial charge in [0.2, 0.25) is 0 Å². The lowest BCUT2D eigenvalue weighted by atomic mass is 9.49. The zero-order valence-corrected chi connectivity index (χ0v) is 14.3. The molecular weight excluding hydrogens is 288 g/mol. The van der Waals surface area contributed by atoms with Gasteiger partial charge in [0, 0.05) is 45.8 Å². The minimum absolute atomic E-state index is 0.0379. The number of piperazine rings is 1. The van der Waals surface area contributed by atoms with E-state index in [0.29, 0.717) is 5.41 Å². The topological polar surface area (TPSA) is 56.4 Å². The van der Waals surface area contributed by atoms with Crippen LogP contribution in [-0.2, 0) is 0 Å². The molecule has 5 fully saturated rings. The van der Waals surface area contributed by atoms with Crippen molar-refractivity contribution in [2.45, 2.75) is 38.5 Å². The molecule has 5 heteroatoms. The van der Waals surface area contributed by atoms with E-state index < -0.39 is 0 Å². The summed E-state index contributed by atoms with van der Waals surface area (Å²) in [7, 11) is 0. The van der Waals surface area contributed by atoms with Gasteiger partial charge in [0.15, 0.2) is 0 Å². The van der Waals surface area contributed by atoms with Crippen LogP contribution in [0.4, 0.5) is 4.79 Å². The predicted molar refractivity (Wildman–Crippen MR) is 91.3 cm³/mol. The highest BCUT2D eigenvalue weighted by molar-refractivity contribution is 5.73. The van der Waals surface area contributed by atoms with Crippen LogP contribution in [0.15, 0.2) is 0 Å². The minimum atomic E-state index is 0.0379. The molecule has 0 atom stereocenters. The van der Waals surface area contributed by atoms with E-state index in [4.69, 9.17) is 0 Å². The summed E-state index contributed by atoms with van der Waals surface area (Å²) in [5.74, 6) is 2.87. The molecule has 0 unspecified atom stereocenters. The van der Waals surface area contributed by atoms with Crippen LogP contribution in [0.25, 0.3) is 0 Å².